The number of hydrogen-bond acceptors (Lipinski definition) is 1. The van der Waals surface area contributed by atoms with Gasteiger partial charge in [-0.3, -0.25) is 0 Å². The summed E-state index contributed by atoms with van der Waals surface area (Å²) in [7, 11) is 0. The number of rotatable bonds is 1. The van der Waals surface area contributed by atoms with Gasteiger partial charge >= 0.3 is 5.25 Å². The van der Waals surface area contributed by atoms with E-state index in [1.165, 1.54) is 6.07 Å². The van der Waals surface area contributed by atoms with Crippen molar-refractivity contribution in [2.45, 2.75) is 5.25 Å². The molecule has 0 amide bonds. The average molecular weight is 239 g/mol. The Bertz CT molecular complexity index is 257. The molecular formula is C7H5BrF2S. The molecule has 1 aromatic carbocycles. The molecule has 4 heteroatoms. The van der Waals surface area contributed by atoms with Crippen LogP contribution in [0.2, 0.25) is 0 Å². The van der Waals surface area contributed by atoms with Crippen LogP contribution in [0.5, 0.6) is 0 Å². The van der Waals surface area contributed by atoms with Gasteiger partial charge in [-0.1, -0.05) is 34.1 Å². The Morgan fingerprint density at radius 3 is 2.18 bits per heavy atom. The highest BCUT2D eigenvalue weighted by molar-refractivity contribution is 9.10. The standard InChI is InChI=1S/C7H5BrF2S/c8-6-4-2-1-3-5(6)7(9,10)11/h1-4,11H. The number of thiol groups is 1. The zero-order valence-corrected chi connectivity index (χ0v) is 7.87. The van der Waals surface area contributed by atoms with E-state index in [0.717, 1.165) is 0 Å². The molecule has 0 aliphatic carbocycles. The fraction of sp³-hybridized carbons (Fsp3) is 0.143. The second kappa shape index (κ2) is 3.11. The molecule has 0 heterocycles. The largest absolute Gasteiger partial charge is 0.317 e. The van der Waals surface area contributed by atoms with Crippen molar-refractivity contribution in [2.75, 3.05) is 0 Å². The quantitative estimate of drug-likeness (QED) is 0.713. The van der Waals surface area contributed by atoms with Crippen LogP contribution in [0.4, 0.5) is 8.78 Å². The minimum Gasteiger partial charge on any atom is -0.189 e. The van der Waals surface area contributed by atoms with Gasteiger partial charge in [-0.2, -0.15) is 8.78 Å². The van der Waals surface area contributed by atoms with Crippen LogP contribution < -0.4 is 0 Å². The van der Waals surface area contributed by atoms with Crippen molar-refractivity contribution in [3.05, 3.63) is 34.3 Å². The molecule has 0 saturated carbocycles. The van der Waals surface area contributed by atoms with Crippen LogP contribution in [0.3, 0.4) is 0 Å². The average Bonchev–Trinajstić information content (AvgIpc) is 1.86. The van der Waals surface area contributed by atoms with Gasteiger partial charge in [-0.15, -0.1) is 12.6 Å². The van der Waals surface area contributed by atoms with Gasteiger partial charge in [0, 0.05) is 10.0 Å². The second-order valence-electron chi connectivity index (χ2n) is 2.02. The Hall–Kier alpha value is -0.0900. The first-order valence-corrected chi connectivity index (χ1v) is 4.11. The van der Waals surface area contributed by atoms with Crippen molar-refractivity contribution in [1.82, 2.24) is 0 Å². The van der Waals surface area contributed by atoms with Crippen molar-refractivity contribution >= 4 is 28.6 Å². The van der Waals surface area contributed by atoms with Crippen LogP contribution in [0.25, 0.3) is 0 Å². The summed E-state index contributed by atoms with van der Waals surface area (Å²) in [6.45, 7) is 0. The predicted molar refractivity (Wildman–Crippen MR) is 47.0 cm³/mol. The van der Waals surface area contributed by atoms with Crippen LogP contribution in [-0.4, -0.2) is 0 Å². The van der Waals surface area contributed by atoms with Gasteiger partial charge in [0.15, 0.2) is 0 Å². The molecule has 0 aromatic heterocycles. The van der Waals surface area contributed by atoms with Gasteiger partial charge in [-0.25, -0.2) is 0 Å². The van der Waals surface area contributed by atoms with Crippen molar-refractivity contribution < 1.29 is 8.78 Å². The molecule has 0 atom stereocenters. The Kier molecular flexibility index (Phi) is 2.54. The van der Waals surface area contributed by atoms with Crippen LogP contribution in [0, 0.1) is 0 Å². The van der Waals surface area contributed by atoms with E-state index < -0.39 is 5.25 Å². The van der Waals surface area contributed by atoms with Gasteiger partial charge in [0.1, 0.15) is 0 Å². The molecule has 0 unspecified atom stereocenters. The summed E-state index contributed by atoms with van der Waals surface area (Å²) in [6, 6.07) is 6.11. The highest BCUT2D eigenvalue weighted by Gasteiger charge is 2.27. The Balaban J connectivity index is 3.14. The summed E-state index contributed by atoms with van der Waals surface area (Å²) >= 11 is 6.15. The molecule has 11 heavy (non-hydrogen) atoms. The highest BCUT2D eigenvalue weighted by atomic mass is 79.9. The van der Waals surface area contributed by atoms with Crippen LogP contribution in [0.15, 0.2) is 28.7 Å². The summed E-state index contributed by atoms with van der Waals surface area (Å²) in [6.07, 6.45) is 0. The Morgan fingerprint density at radius 1 is 1.27 bits per heavy atom. The van der Waals surface area contributed by atoms with Crippen molar-refractivity contribution in [1.29, 1.82) is 0 Å². The molecule has 0 fully saturated rings. The van der Waals surface area contributed by atoms with E-state index in [-0.39, 0.29) is 5.56 Å². The molecule has 0 N–H and O–H groups in total. The van der Waals surface area contributed by atoms with Gasteiger partial charge in [0.25, 0.3) is 0 Å². The molecule has 0 spiro atoms. The summed E-state index contributed by atoms with van der Waals surface area (Å²) in [5.74, 6) is 0. The third kappa shape index (κ3) is 2.17. The highest BCUT2D eigenvalue weighted by Crippen LogP contribution is 2.36. The molecule has 0 aliphatic rings. The van der Waals surface area contributed by atoms with Gasteiger partial charge in [0.05, 0.1) is 0 Å². The molecular weight excluding hydrogens is 234 g/mol. The SMILES string of the molecule is FC(F)(S)c1ccccc1Br. The normalized spacial score (nSPS) is 11.6. The number of benzene rings is 1. The predicted octanol–water partition coefficient (Wildman–Crippen LogP) is 3.43. The summed E-state index contributed by atoms with van der Waals surface area (Å²) in [5, 5.41) is -3.07. The topological polar surface area (TPSA) is 0 Å². The van der Waals surface area contributed by atoms with Crippen LogP contribution >= 0.6 is 28.6 Å². The van der Waals surface area contributed by atoms with Gasteiger partial charge in [0.2, 0.25) is 0 Å². The lowest BCUT2D eigenvalue weighted by molar-refractivity contribution is 0.107. The second-order valence-corrected chi connectivity index (χ2v) is 3.44. The van der Waals surface area contributed by atoms with Gasteiger partial charge in [-0.05, 0) is 6.07 Å². The summed E-state index contributed by atoms with van der Waals surface area (Å²) < 4.78 is 25.5. The molecule has 1 rings (SSSR count). The maximum atomic E-state index is 12.5. The van der Waals surface area contributed by atoms with Crippen molar-refractivity contribution in [2.24, 2.45) is 0 Å². The number of halogens is 3. The van der Waals surface area contributed by atoms with Gasteiger partial charge < -0.3 is 0 Å². The fourth-order valence-electron chi connectivity index (χ4n) is 0.705. The third-order valence-electron chi connectivity index (χ3n) is 1.20. The first-order chi connectivity index (χ1) is 5.02. The summed E-state index contributed by atoms with van der Waals surface area (Å²) in [4.78, 5) is 0. The molecule has 0 radical (unpaired) electrons. The molecule has 1 aromatic rings. The Morgan fingerprint density at radius 2 is 1.82 bits per heavy atom. The van der Waals surface area contributed by atoms with E-state index in [1.54, 1.807) is 18.2 Å². The third-order valence-corrected chi connectivity index (χ3v) is 2.13. The fourth-order valence-corrected chi connectivity index (χ4v) is 1.59. The Labute approximate surface area is 77.2 Å². The molecule has 0 saturated heterocycles. The van der Waals surface area contributed by atoms with Crippen molar-refractivity contribution in [3.8, 4) is 0 Å². The molecule has 0 aliphatic heterocycles. The molecule has 0 nitrogen and oxygen atoms in total. The minimum atomic E-state index is -3.07. The van der Waals surface area contributed by atoms with Crippen molar-refractivity contribution in [3.63, 3.8) is 0 Å². The minimum absolute atomic E-state index is 0.108. The van der Waals surface area contributed by atoms with E-state index in [1.807, 2.05) is 0 Å². The number of hydrogen-bond donors (Lipinski definition) is 1. The zero-order valence-electron chi connectivity index (χ0n) is 5.39. The lowest BCUT2D eigenvalue weighted by atomic mass is 10.2. The summed E-state index contributed by atoms with van der Waals surface area (Å²) in [5.41, 5.74) is -0.108. The lowest BCUT2D eigenvalue weighted by Gasteiger charge is -2.10. The van der Waals surface area contributed by atoms with Crippen LogP contribution in [-0.2, 0) is 5.25 Å². The maximum absolute atomic E-state index is 12.5. The maximum Gasteiger partial charge on any atom is 0.317 e. The first-order valence-electron chi connectivity index (χ1n) is 2.87. The molecule has 0 bridgehead atoms. The zero-order chi connectivity index (χ0) is 8.48. The van der Waals surface area contributed by atoms with E-state index in [0.29, 0.717) is 4.47 Å². The van der Waals surface area contributed by atoms with E-state index >= 15 is 0 Å². The van der Waals surface area contributed by atoms with E-state index in [9.17, 15) is 8.78 Å². The number of alkyl halides is 2. The molecule has 60 valence electrons. The van der Waals surface area contributed by atoms with E-state index in [2.05, 4.69) is 28.6 Å². The van der Waals surface area contributed by atoms with E-state index in [4.69, 9.17) is 0 Å². The monoisotopic (exact) mass is 238 g/mol. The smallest absolute Gasteiger partial charge is 0.189 e. The first kappa shape index (κ1) is 9.00. The lowest BCUT2D eigenvalue weighted by Crippen LogP contribution is -2.03. The van der Waals surface area contributed by atoms with Crippen LogP contribution in [0.1, 0.15) is 5.56 Å².